The number of methoxy groups -OCH3 is 1. The number of halogens is 2. The summed E-state index contributed by atoms with van der Waals surface area (Å²) in [4.78, 5) is 0. The highest BCUT2D eigenvalue weighted by molar-refractivity contribution is 9.10. The normalized spacial score (nSPS) is 16.7. The fraction of sp³-hybridized carbons (Fsp3) is 0.455. The monoisotopic (exact) mass is 291 g/mol. The first-order valence-electron chi connectivity index (χ1n) is 4.81. The van der Waals surface area contributed by atoms with Crippen LogP contribution < -0.4 is 10.5 Å². The van der Waals surface area contributed by atoms with Crippen LogP contribution in [0, 0.1) is 5.92 Å². The van der Waals surface area contributed by atoms with E-state index < -0.39 is 0 Å². The minimum absolute atomic E-state index is 0. The van der Waals surface area contributed by atoms with E-state index in [4.69, 9.17) is 10.5 Å². The smallest absolute Gasteiger partial charge is 0.124 e. The average molecular weight is 293 g/mol. The highest BCUT2D eigenvalue weighted by Crippen LogP contribution is 2.42. The van der Waals surface area contributed by atoms with Crippen LogP contribution in [-0.4, -0.2) is 7.11 Å². The fourth-order valence-electron chi connectivity index (χ4n) is 1.67. The predicted octanol–water partition coefficient (Wildman–Crippen LogP) is 3.29. The first kappa shape index (κ1) is 12.8. The van der Waals surface area contributed by atoms with Crippen molar-refractivity contribution >= 4 is 28.3 Å². The van der Waals surface area contributed by atoms with Gasteiger partial charge in [-0.05, 0) is 30.9 Å². The summed E-state index contributed by atoms with van der Waals surface area (Å²) in [6, 6.07) is 6.17. The van der Waals surface area contributed by atoms with Gasteiger partial charge in [-0.15, -0.1) is 12.4 Å². The summed E-state index contributed by atoms with van der Waals surface area (Å²) in [5, 5.41) is 0. The van der Waals surface area contributed by atoms with Gasteiger partial charge >= 0.3 is 0 Å². The summed E-state index contributed by atoms with van der Waals surface area (Å²) in [5.74, 6) is 1.55. The molecule has 4 heteroatoms. The van der Waals surface area contributed by atoms with Crippen LogP contribution >= 0.6 is 28.3 Å². The van der Waals surface area contributed by atoms with Crippen molar-refractivity contribution in [1.29, 1.82) is 0 Å². The molecule has 0 aliphatic heterocycles. The summed E-state index contributed by atoms with van der Waals surface area (Å²) in [6.07, 6.45) is 2.50. The number of hydrogen-bond acceptors (Lipinski definition) is 2. The van der Waals surface area contributed by atoms with Gasteiger partial charge in [0.25, 0.3) is 0 Å². The quantitative estimate of drug-likeness (QED) is 0.928. The van der Waals surface area contributed by atoms with Gasteiger partial charge in [0.2, 0.25) is 0 Å². The van der Waals surface area contributed by atoms with Crippen LogP contribution in [0.15, 0.2) is 22.7 Å². The molecule has 0 saturated heterocycles. The van der Waals surface area contributed by atoms with E-state index in [1.165, 1.54) is 12.8 Å². The third-order valence-electron chi connectivity index (χ3n) is 2.68. The number of hydrogen-bond donors (Lipinski definition) is 1. The molecule has 1 aliphatic rings. The standard InChI is InChI=1S/C11H14BrNO.ClH/c1-14-10-6-8(12)4-5-9(10)11(13)7-2-3-7;/h4-7,11H,2-3,13H2,1H3;1H/t11-;/m0./s1. The molecule has 1 fully saturated rings. The lowest BCUT2D eigenvalue weighted by Crippen LogP contribution is -2.13. The van der Waals surface area contributed by atoms with Crippen LogP contribution in [0.1, 0.15) is 24.4 Å². The Bertz CT molecular complexity index is 341. The van der Waals surface area contributed by atoms with Gasteiger partial charge in [0.05, 0.1) is 7.11 Å². The van der Waals surface area contributed by atoms with E-state index >= 15 is 0 Å². The van der Waals surface area contributed by atoms with E-state index in [0.717, 1.165) is 15.8 Å². The Morgan fingerprint density at radius 2 is 2.13 bits per heavy atom. The van der Waals surface area contributed by atoms with Crippen LogP contribution in [0.4, 0.5) is 0 Å². The van der Waals surface area contributed by atoms with Gasteiger partial charge in [0, 0.05) is 16.1 Å². The lowest BCUT2D eigenvalue weighted by molar-refractivity contribution is 0.402. The molecule has 0 amide bonds. The molecular formula is C11H15BrClNO. The van der Waals surface area contributed by atoms with Crippen molar-refractivity contribution < 1.29 is 4.74 Å². The summed E-state index contributed by atoms with van der Waals surface area (Å²) in [6.45, 7) is 0. The van der Waals surface area contributed by atoms with Gasteiger partial charge in [-0.25, -0.2) is 0 Å². The van der Waals surface area contributed by atoms with Crippen LogP contribution in [0.3, 0.4) is 0 Å². The molecule has 15 heavy (non-hydrogen) atoms. The van der Waals surface area contributed by atoms with Crippen molar-refractivity contribution in [1.82, 2.24) is 0 Å². The average Bonchev–Trinajstić information content (AvgIpc) is 3.00. The first-order chi connectivity index (χ1) is 6.72. The third-order valence-corrected chi connectivity index (χ3v) is 3.18. The molecule has 1 aliphatic carbocycles. The Morgan fingerprint density at radius 1 is 1.47 bits per heavy atom. The summed E-state index contributed by atoms with van der Waals surface area (Å²) in [7, 11) is 1.69. The molecule has 2 rings (SSSR count). The minimum atomic E-state index is 0. The van der Waals surface area contributed by atoms with Crippen LogP contribution in [0.2, 0.25) is 0 Å². The second-order valence-electron chi connectivity index (χ2n) is 3.75. The highest BCUT2D eigenvalue weighted by Gasteiger charge is 2.31. The topological polar surface area (TPSA) is 35.2 Å². The van der Waals surface area contributed by atoms with Crippen molar-refractivity contribution in [3.63, 3.8) is 0 Å². The molecule has 0 bridgehead atoms. The van der Waals surface area contributed by atoms with Crippen molar-refractivity contribution in [2.45, 2.75) is 18.9 Å². The van der Waals surface area contributed by atoms with E-state index in [2.05, 4.69) is 15.9 Å². The third kappa shape index (κ3) is 2.86. The van der Waals surface area contributed by atoms with Crippen LogP contribution in [-0.2, 0) is 0 Å². The van der Waals surface area contributed by atoms with E-state index in [1.807, 2.05) is 18.2 Å². The molecule has 84 valence electrons. The van der Waals surface area contributed by atoms with Crippen LogP contribution in [0.5, 0.6) is 5.75 Å². The molecule has 0 unspecified atom stereocenters. The van der Waals surface area contributed by atoms with E-state index in [0.29, 0.717) is 5.92 Å². The van der Waals surface area contributed by atoms with Gasteiger partial charge in [-0.1, -0.05) is 22.0 Å². The van der Waals surface area contributed by atoms with Crippen molar-refractivity contribution in [3.8, 4) is 5.75 Å². The Kier molecular flexibility index (Phi) is 4.44. The molecule has 1 atom stereocenters. The van der Waals surface area contributed by atoms with Crippen molar-refractivity contribution in [3.05, 3.63) is 28.2 Å². The largest absolute Gasteiger partial charge is 0.496 e. The molecular weight excluding hydrogens is 277 g/mol. The lowest BCUT2D eigenvalue weighted by Gasteiger charge is -2.15. The summed E-state index contributed by atoms with van der Waals surface area (Å²) < 4.78 is 6.34. The predicted molar refractivity (Wildman–Crippen MR) is 67.6 cm³/mol. The maximum Gasteiger partial charge on any atom is 0.124 e. The Morgan fingerprint density at radius 3 is 2.67 bits per heavy atom. The second kappa shape index (κ2) is 5.19. The van der Waals surface area contributed by atoms with Gasteiger partial charge in [0.15, 0.2) is 0 Å². The molecule has 1 aromatic carbocycles. The maximum absolute atomic E-state index is 6.13. The number of ether oxygens (including phenoxy) is 1. The fourth-order valence-corrected chi connectivity index (χ4v) is 2.01. The molecule has 1 aromatic rings. The molecule has 1 saturated carbocycles. The molecule has 0 spiro atoms. The zero-order valence-corrected chi connectivity index (χ0v) is 11.0. The Labute approximate surface area is 105 Å². The SMILES string of the molecule is COc1cc(Br)ccc1[C@@H](N)C1CC1.Cl. The summed E-state index contributed by atoms with van der Waals surface area (Å²) >= 11 is 3.42. The van der Waals surface area contributed by atoms with Gasteiger partial charge in [0.1, 0.15) is 5.75 Å². The van der Waals surface area contributed by atoms with Crippen molar-refractivity contribution in [2.75, 3.05) is 7.11 Å². The molecule has 0 radical (unpaired) electrons. The lowest BCUT2D eigenvalue weighted by atomic mass is 10.0. The van der Waals surface area contributed by atoms with Gasteiger partial charge in [-0.3, -0.25) is 0 Å². The highest BCUT2D eigenvalue weighted by atomic mass is 79.9. The van der Waals surface area contributed by atoms with E-state index in [9.17, 15) is 0 Å². The molecule has 0 heterocycles. The zero-order valence-electron chi connectivity index (χ0n) is 8.57. The van der Waals surface area contributed by atoms with Gasteiger partial charge < -0.3 is 10.5 Å². The molecule has 2 nitrogen and oxygen atoms in total. The number of rotatable bonds is 3. The number of benzene rings is 1. The molecule has 2 N–H and O–H groups in total. The van der Waals surface area contributed by atoms with E-state index in [1.54, 1.807) is 7.11 Å². The first-order valence-corrected chi connectivity index (χ1v) is 5.60. The second-order valence-corrected chi connectivity index (χ2v) is 4.67. The Hall–Kier alpha value is -0.250. The Balaban J connectivity index is 0.00000112. The minimum Gasteiger partial charge on any atom is -0.496 e. The maximum atomic E-state index is 6.13. The van der Waals surface area contributed by atoms with Crippen molar-refractivity contribution in [2.24, 2.45) is 11.7 Å². The summed E-state index contributed by atoms with van der Waals surface area (Å²) in [5.41, 5.74) is 7.25. The van der Waals surface area contributed by atoms with E-state index in [-0.39, 0.29) is 18.4 Å². The van der Waals surface area contributed by atoms with Crippen LogP contribution in [0.25, 0.3) is 0 Å². The zero-order chi connectivity index (χ0) is 10.1. The number of nitrogens with two attached hydrogens (primary N) is 1. The molecule has 0 aromatic heterocycles. The van der Waals surface area contributed by atoms with Gasteiger partial charge in [-0.2, -0.15) is 0 Å².